The van der Waals surface area contributed by atoms with Gasteiger partial charge in [-0.3, -0.25) is 0 Å². The van der Waals surface area contributed by atoms with Crippen LogP contribution in [0.1, 0.15) is 56.2 Å². The third-order valence-corrected chi connectivity index (χ3v) is 4.11. The Morgan fingerprint density at radius 1 is 1.28 bits per heavy atom. The highest BCUT2D eigenvalue weighted by Crippen LogP contribution is 2.35. The molecule has 1 nitrogen and oxygen atoms in total. The smallest absolute Gasteiger partial charge is 0.123 e. The van der Waals surface area contributed by atoms with Crippen LogP contribution in [0, 0.1) is 18.7 Å². The second-order valence-electron chi connectivity index (χ2n) is 5.43. The van der Waals surface area contributed by atoms with Crippen molar-refractivity contribution in [3.05, 3.63) is 35.1 Å². The summed E-state index contributed by atoms with van der Waals surface area (Å²) in [6.45, 7) is 5.14. The molecule has 1 atom stereocenters. The van der Waals surface area contributed by atoms with Crippen LogP contribution < -0.4 is 5.32 Å². The predicted molar refractivity (Wildman–Crippen MR) is 74.1 cm³/mol. The molecule has 1 aromatic carbocycles. The zero-order valence-corrected chi connectivity index (χ0v) is 11.5. The molecule has 2 heteroatoms. The molecule has 1 N–H and O–H groups in total. The standard InChI is InChI=1S/C16H24FN/c1-3-18-16(13-7-5-4-6-8-13)15-10-9-14(17)11-12(15)2/h9-11,13,16,18H,3-8H2,1-2H3. The molecule has 1 aliphatic rings. The van der Waals surface area contributed by atoms with Crippen molar-refractivity contribution in [3.63, 3.8) is 0 Å². The van der Waals surface area contributed by atoms with Crippen LogP contribution in [0.15, 0.2) is 18.2 Å². The Bertz CT molecular complexity index is 383. The van der Waals surface area contributed by atoms with Crippen molar-refractivity contribution in [3.8, 4) is 0 Å². The monoisotopic (exact) mass is 249 g/mol. The molecule has 0 aromatic heterocycles. The van der Waals surface area contributed by atoms with Crippen LogP contribution in [0.4, 0.5) is 4.39 Å². The number of halogens is 1. The molecule has 1 saturated carbocycles. The molecule has 0 radical (unpaired) electrons. The van der Waals surface area contributed by atoms with E-state index in [0.717, 1.165) is 12.1 Å². The number of hydrogen-bond donors (Lipinski definition) is 1. The summed E-state index contributed by atoms with van der Waals surface area (Å²) < 4.78 is 13.2. The molecule has 2 rings (SSSR count). The molecule has 1 aromatic rings. The first-order chi connectivity index (χ1) is 8.72. The van der Waals surface area contributed by atoms with Crippen LogP contribution in [0.5, 0.6) is 0 Å². The van der Waals surface area contributed by atoms with E-state index in [9.17, 15) is 4.39 Å². The van der Waals surface area contributed by atoms with Crippen LogP contribution in [0.25, 0.3) is 0 Å². The molecule has 0 amide bonds. The van der Waals surface area contributed by atoms with Crippen LogP contribution >= 0.6 is 0 Å². The number of nitrogens with one attached hydrogen (secondary N) is 1. The Balaban J connectivity index is 2.22. The van der Waals surface area contributed by atoms with Crippen molar-refractivity contribution in [2.75, 3.05) is 6.54 Å². The van der Waals surface area contributed by atoms with Gasteiger partial charge in [-0.1, -0.05) is 32.3 Å². The van der Waals surface area contributed by atoms with Crippen LogP contribution in [0.3, 0.4) is 0 Å². The molecular weight excluding hydrogens is 225 g/mol. The Kier molecular flexibility index (Phi) is 4.76. The van der Waals surface area contributed by atoms with Crippen LogP contribution in [0.2, 0.25) is 0 Å². The molecule has 0 spiro atoms. The molecule has 0 aliphatic heterocycles. The van der Waals surface area contributed by atoms with Gasteiger partial charge in [0.25, 0.3) is 0 Å². The molecule has 0 saturated heterocycles. The minimum absolute atomic E-state index is 0.129. The topological polar surface area (TPSA) is 12.0 Å². The molecule has 0 bridgehead atoms. The summed E-state index contributed by atoms with van der Waals surface area (Å²) in [5.41, 5.74) is 2.36. The molecule has 1 unspecified atom stereocenters. The van der Waals surface area contributed by atoms with Gasteiger partial charge in [0.1, 0.15) is 5.82 Å². The largest absolute Gasteiger partial charge is 0.310 e. The van der Waals surface area contributed by atoms with E-state index in [1.807, 2.05) is 13.0 Å². The van der Waals surface area contributed by atoms with Crippen LogP contribution in [-0.2, 0) is 0 Å². The first kappa shape index (κ1) is 13.5. The Labute approximate surface area is 110 Å². The van der Waals surface area contributed by atoms with Crippen molar-refractivity contribution in [2.45, 2.75) is 52.0 Å². The molecule has 100 valence electrons. The minimum atomic E-state index is -0.129. The maximum atomic E-state index is 13.2. The molecule has 0 heterocycles. The van der Waals surface area contributed by atoms with Gasteiger partial charge in [-0.2, -0.15) is 0 Å². The lowest BCUT2D eigenvalue weighted by Crippen LogP contribution is -2.30. The Morgan fingerprint density at radius 3 is 2.61 bits per heavy atom. The highest BCUT2D eigenvalue weighted by atomic mass is 19.1. The van der Waals surface area contributed by atoms with Gasteiger partial charge in [0, 0.05) is 6.04 Å². The van der Waals surface area contributed by atoms with Crippen molar-refractivity contribution in [1.29, 1.82) is 0 Å². The second-order valence-corrected chi connectivity index (χ2v) is 5.43. The summed E-state index contributed by atoms with van der Waals surface area (Å²) in [6, 6.07) is 5.61. The molecule has 1 aliphatic carbocycles. The average molecular weight is 249 g/mol. The fourth-order valence-corrected chi connectivity index (χ4v) is 3.21. The summed E-state index contributed by atoms with van der Waals surface area (Å²) in [7, 11) is 0. The average Bonchev–Trinajstić information content (AvgIpc) is 2.38. The normalized spacial score (nSPS) is 18.8. The van der Waals surface area contributed by atoms with Crippen LogP contribution in [-0.4, -0.2) is 6.54 Å². The fourth-order valence-electron chi connectivity index (χ4n) is 3.21. The van der Waals surface area contributed by atoms with Crippen molar-refractivity contribution < 1.29 is 4.39 Å². The third kappa shape index (κ3) is 3.11. The summed E-state index contributed by atoms with van der Waals surface area (Å²) >= 11 is 0. The highest BCUT2D eigenvalue weighted by molar-refractivity contribution is 5.30. The van der Waals surface area contributed by atoms with Gasteiger partial charge >= 0.3 is 0 Å². The summed E-state index contributed by atoms with van der Waals surface area (Å²) in [5.74, 6) is 0.581. The quantitative estimate of drug-likeness (QED) is 0.835. The van der Waals surface area contributed by atoms with Gasteiger partial charge in [0.15, 0.2) is 0 Å². The van der Waals surface area contributed by atoms with Crippen molar-refractivity contribution >= 4 is 0 Å². The Morgan fingerprint density at radius 2 is 2.00 bits per heavy atom. The van der Waals surface area contributed by atoms with E-state index in [0.29, 0.717) is 12.0 Å². The lowest BCUT2D eigenvalue weighted by atomic mass is 9.80. The van der Waals surface area contributed by atoms with E-state index in [1.165, 1.54) is 37.7 Å². The van der Waals surface area contributed by atoms with E-state index < -0.39 is 0 Å². The van der Waals surface area contributed by atoms with Gasteiger partial charge in [0.2, 0.25) is 0 Å². The van der Waals surface area contributed by atoms with Crippen molar-refractivity contribution in [1.82, 2.24) is 5.32 Å². The maximum Gasteiger partial charge on any atom is 0.123 e. The van der Waals surface area contributed by atoms with Gasteiger partial charge in [-0.05, 0) is 55.5 Å². The molecule has 18 heavy (non-hydrogen) atoms. The number of aryl methyl sites for hydroxylation is 1. The SMILES string of the molecule is CCNC(c1ccc(F)cc1C)C1CCCCC1. The predicted octanol–water partition coefficient (Wildman–Crippen LogP) is 4.37. The van der Waals surface area contributed by atoms with Gasteiger partial charge in [-0.15, -0.1) is 0 Å². The van der Waals surface area contributed by atoms with Crippen molar-refractivity contribution in [2.24, 2.45) is 5.92 Å². The van der Waals surface area contributed by atoms with Gasteiger partial charge in [0.05, 0.1) is 0 Å². The number of rotatable bonds is 4. The van der Waals surface area contributed by atoms with Gasteiger partial charge < -0.3 is 5.32 Å². The lowest BCUT2D eigenvalue weighted by molar-refractivity contribution is 0.273. The number of benzene rings is 1. The first-order valence-electron chi connectivity index (χ1n) is 7.21. The van der Waals surface area contributed by atoms with Gasteiger partial charge in [-0.25, -0.2) is 4.39 Å². The lowest BCUT2D eigenvalue weighted by Gasteiger charge is -2.32. The number of hydrogen-bond acceptors (Lipinski definition) is 1. The van der Waals surface area contributed by atoms with E-state index in [2.05, 4.69) is 12.2 Å². The summed E-state index contributed by atoms with van der Waals surface area (Å²) in [6.07, 6.45) is 6.65. The first-order valence-corrected chi connectivity index (χ1v) is 7.21. The molecule has 1 fully saturated rings. The second kappa shape index (κ2) is 6.33. The minimum Gasteiger partial charge on any atom is -0.310 e. The Hall–Kier alpha value is -0.890. The maximum absolute atomic E-state index is 13.2. The summed E-state index contributed by atoms with van der Waals surface area (Å²) in [4.78, 5) is 0. The fraction of sp³-hybridized carbons (Fsp3) is 0.625. The molecular formula is C16H24FN. The highest BCUT2D eigenvalue weighted by Gasteiger charge is 2.25. The third-order valence-electron chi connectivity index (χ3n) is 4.11. The van der Waals surface area contributed by atoms with E-state index in [-0.39, 0.29) is 5.82 Å². The zero-order valence-electron chi connectivity index (χ0n) is 11.5. The van der Waals surface area contributed by atoms with E-state index in [1.54, 1.807) is 12.1 Å². The van der Waals surface area contributed by atoms with E-state index in [4.69, 9.17) is 0 Å². The zero-order chi connectivity index (χ0) is 13.0. The van der Waals surface area contributed by atoms with E-state index >= 15 is 0 Å². The summed E-state index contributed by atoms with van der Waals surface area (Å²) in [5, 5.41) is 3.61.